The summed E-state index contributed by atoms with van der Waals surface area (Å²) in [6.07, 6.45) is 3.63. The molecule has 3 heteroatoms. The molecular formula is C14H20O3. The second-order valence-electron chi connectivity index (χ2n) is 4.32. The van der Waals surface area contributed by atoms with Gasteiger partial charge < -0.3 is 14.2 Å². The largest absolute Gasteiger partial charge is 0.467 e. The van der Waals surface area contributed by atoms with Gasteiger partial charge in [-0.3, -0.25) is 0 Å². The van der Waals surface area contributed by atoms with Crippen LogP contribution in [0.1, 0.15) is 43.4 Å². The number of unbranched alkanes of at least 4 members (excludes halogenated alkanes) is 1. The van der Waals surface area contributed by atoms with Crippen LogP contribution in [0, 0.1) is 0 Å². The Bertz CT molecular complexity index is 362. The Morgan fingerprint density at radius 3 is 3.06 bits per heavy atom. The molecule has 1 unspecified atom stereocenters. The van der Waals surface area contributed by atoms with Gasteiger partial charge in [-0.1, -0.05) is 31.9 Å². The highest BCUT2D eigenvalue weighted by Gasteiger charge is 2.26. The quantitative estimate of drug-likeness (QED) is 0.708. The average molecular weight is 236 g/mol. The molecular weight excluding hydrogens is 216 g/mol. The minimum atomic E-state index is 0.193. The molecule has 1 aromatic rings. The summed E-state index contributed by atoms with van der Waals surface area (Å²) in [4.78, 5) is 0. The van der Waals surface area contributed by atoms with Crippen LogP contribution in [0.4, 0.5) is 0 Å². The van der Waals surface area contributed by atoms with Gasteiger partial charge >= 0.3 is 0 Å². The Morgan fingerprint density at radius 1 is 1.41 bits per heavy atom. The van der Waals surface area contributed by atoms with Crippen LogP contribution in [0.2, 0.25) is 0 Å². The Hall–Kier alpha value is -1.06. The van der Waals surface area contributed by atoms with Crippen LogP contribution >= 0.6 is 0 Å². The molecule has 0 aromatic heterocycles. The molecule has 17 heavy (non-hydrogen) atoms. The fraction of sp³-hybridized carbons (Fsp3) is 0.571. The van der Waals surface area contributed by atoms with E-state index in [0.29, 0.717) is 6.61 Å². The molecule has 0 spiro atoms. The van der Waals surface area contributed by atoms with Crippen LogP contribution in [0.15, 0.2) is 18.2 Å². The SMILES string of the molecule is CCCCC1OCc2cccc(OCOC)c21. The van der Waals surface area contributed by atoms with Crippen molar-refractivity contribution in [1.82, 2.24) is 0 Å². The predicted molar refractivity (Wildman–Crippen MR) is 66.0 cm³/mol. The normalized spacial score (nSPS) is 18.1. The maximum absolute atomic E-state index is 5.83. The molecule has 1 aliphatic rings. The van der Waals surface area contributed by atoms with Crippen LogP contribution in [-0.2, 0) is 16.1 Å². The third-order valence-corrected chi connectivity index (χ3v) is 3.07. The molecule has 1 heterocycles. The lowest BCUT2D eigenvalue weighted by molar-refractivity contribution is 0.0406. The second-order valence-corrected chi connectivity index (χ2v) is 4.32. The molecule has 94 valence electrons. The van der Waals surface area contributed by atoms with Crippen molar-refractivity contribution in [3.63, 3.8) is 0 Å². The van der Waals surface area contributed by atoms with Crippen LogP contribution in [0.25, 0.3) is 0 Å². The zero-order valence-corrected chi connectivity index (χ0v) is 10.6. The van der Waals surface area contributed by atoms with Crippen molar-refractivity contribution in [2.24, 2.45) is 0 Å². The van der Waals surface area contributed by atoms with E-state index in [9.17, 15) is 0 Å². The Balaban J connectivity index is 2.15. The fourth-order valence-corrected chi connectivity index (χ4v) is 2.22. The summed E-state index contributed by atoms with van der Waals surface area (Å²) in [5.41, 5.74) is 2.47. The van der Waals surface area contributed by atoms with E-state index in [1.165, 1.54) is 24.0 Å². The molecule has 1 atom stereocenters. The second kappa shape index (κ2) is 6.03. The topological polar surface area (TPSA) is 27.7 Å². The van der Waals surface area contributed by atoms with Gasteiger partial charge in [0.25, 0.3) is 0 Å². The van der Waals surface area contributed by atoms with Crippen LogP contribution in [0.3, 0.4) is 0 Å². The van der Waals surface area contributed by atoms with Gasteiger partial charge in [-0.15, -0.1) is 0 Å². The predicted octanol–water partition coefficient (Wildman–Crippen LogP) is 3.43. The number of hydrogen-bond donors (Lipinski definition) is 0. The molecule has 0 saturated carbocycles. The summed E-state index contributed by atoms with van der Waals surface area (Å²) in [5.74, 6) is 0.906. The zero-order valence-electron chi connectivity index (χ0n) is 10.6. The van der Waals surface area contributed by atoms with Crippen molar-refractivity contribution in [2.45, 2.75) is 38.9 Å². The van der Waals surface area contributed by atoms with E-state index in [-0.39, 0.29) is 12.9 Å². The highest BCUT2D eigenvalue weighted by molar-refractivity contribution is 5.43. The van der Waals surface area contributed by atoms with E-state index in [1.54, 1.807) is 7.11 Å². The van der Waals surface area contributed by atoms with Crippen molar-refractivity contribution in [3.8, 4) is 5.75 Å². The first-order chi connectivity index (χ1) is 8.36. The summed E-state index contributed by atoms with van der Waals surface area (Å²) >= 11 is 0. The van der Waals surface area contributed by atoms with Crippen molar-refractivity contribution in [1.29, 1.82) is 0 Å². The van der Waals surface area contributed by atoms with Crippen LogP contribution in [0.5, 0.6) is 5.75 Å². The minimum absolute atomic E-state index is 0.193. The third kappa shape index (κ3) is 2.79. The van der Waals surface area contributed by atoms with Crippen molar-refractivity contribution < 1.29 is 14.2 Å². The highest BCUT2D eigenvalue weighted by Crippen LogP contribution is 2.40. The van der Waals surface area contributed by atoms with Crippen LogP contribution < -0.4 is 4.74 Å². The Morgan fingerprint density at radius 2 is 2.29 bits per heavy atom. The molecule has 2 rings (SSSR count). The van der Waals surface area contributed by atoms with Crippen molar-refractivity contribution in [3.05, 3.63) is 29.3 Å². The summed E-state index contributed by atoms with van der Waals surface area (Å²) < 4.78 is 16.4. The van der Waals surface area contributed by atoms with Gasteiger partial charge in [-0.2, -0.15) is 0 Å². The number of rotatable bonds is 6. The first-order valence-electron chi connectivity index (χ1n) is 6.22. The molecule has 0 saturated heterocycles. The van der Waals surface area contributed by atoms with E-state index in [1.807, 2.05) is 12.1 Å². The van der Waals surface area contributed by atoms with Crippen molar-refractivity contribution in [2.75, 3.05) is 13.9 Å². The minimum Gasteiger partial charge on any atom is -0.467 e. The van der Waals surface area contributed by atoms with Gasteiger partial charge in [0.05, 0.1) is 12.7 Å². The van der Waals surface area contributed by atoms with Gasteiger partial charge in [0.1, 0.15) is 5.75 Å². The molecule has 0 bridgehead atoms. The maximum atomic E-state index is 5.83. The standard InChI is InChI=1S/C14H20O3/c1-3-4-7-12-14-11(9-16-12)6-5-8-13(14)17-10-15-2/h5-6,8,12H,3-4,7,9-10H2,1-2H3. The van der Waals surface area contributed by atoms with Gasteiger partial charge in [0.15, 0.2) is 6.79 Å². The summed E-state index contributed by atoms with van der Waals surface area (Å²) in [6, 6.07) is 6.11. The summed E-state index contributed by atoms with van der Waals surface area (Å²) in [6.45, 7) is 3.19. The Kier molecular flexibility index (Phi) is 4.40. The number of fused-ring (bicyclic) bond motifs is 1. The number of methoxy groups -OCH3 is 1. The third-order valence-electron chi connectivity index (χ3n) is 3.07. The Labute approximate surface area is 103 Å². The monoisotopic (exact) mass is 236 g/mol. The first kappa shape index (κ1) is 12.4. The van der Waals surface area contributed by atoms with Gasteiger partial charge in [0, 0.05) is 12.7 Å². The lowest BCUT2D eigenvalue weighted by Crippen LogP contribution is -2.04. The lowest BCUT2D eigenvalue weighted by atomic mass is 10.0. The van der Waals surface area contributed by atoms with E-state index >= 15 is 0 Å². The highest BCUT2D eigenvalue weighted by atomic mass is 16.7. The molecule has 1 aliphatic heterocycles. The van der Waals surface area contributed by atoms with Gasteiger partial charge in [-0.25, -0.2) is 0 Å². The number of ether oxygens (including phenoxy) is 3. The molecule has 0 N–H and O–H groups in total. The van der Waals surface area contributed by atoms with E-state index in [0.717, 1.165) is 12.2 Å². The first-order valence-corrected chi connectivity index (χ1v) is 6.22. The van der Waals surface area contributed by atoms with E-state index in [4.69, 9.17) is 14.2 Å². The molecule has 0 aliphatic carbocycles. The zero-order chi connectivity index (χ0) is 12.1. The lowest BCUT2D eigenvalue weighted by Gasteiger charge is -2.15. The average Bonchev–Trinajstić information content (AvgIpc) is 2.77. The molecule has 0 fully saturated rings. The number of benzene rings is 1. The molecule has 0 amide bonds. The molecule has 1 aromatic carbocycles. The molecule has 3 nitrogen and oxygen atoms in total. The van der Waals surface area contributed by atoms with Crippen LogP contribution in [-0.4, -0.2) is 13.9 Å². The smallest absolute Gasteiger partial charge is 0.188 e. The summed E-state index contributed by atoms with van der Waals surface area (Å²) in [5, 5.41) is 0. The summed E-state index contributed by atoms with van der Waals surface area (Å²) in [7, 11) is 1.63. The fourth-order valence-electron chi connectivity index (χ4n) is 2.22. The van der Waals surface area contributed by atoms with E-state index in [2.05, 4.69) is 13.0 Å². The van der Waals surface area contributed by atoms with Gasteiger partial charge in [-0.05, 0) is 18.1 Å². The number of hydrogen-bond acceptors (Lipinski definition) is 3. The van der Waals surface area contributed by atoms with Crippen molar-refractivity contribution >= 4 is 0 Å². The van der Waals surface area contributed by atoms with Gasteiger partial charge in [0.2, 0.25) is 0 Å². The maximum Gasteiger partial charge on any atom is 0.188 e. The van der Waals surface area contributed by atoms with E-state index < -0.39 is 0 Å². The molecule has 0 radical (unpaired) electrons.